The molecule has 0 saturated carbocycles. The summed E-state index contributed by atoms with van der Waals surface area (Å²) in [5.41, 5.74) is 2.92. The first-order valence-electron chi connectivity index (χ1n) is 5.81. The number of nitrogens with one attached hydrogen (secondary N) is 1. The van der Waals surface area contributed by atoms with E-state index in [4.69, 9.17) is 5.26 Å². The van der Waals surface area contributed by atoms with Crippen molar-refractivity contribution in [1.29, 1.82) is 5.26 Å². The molecular formula is C14H15N3S. The maximum absolute atomic E-state index is 8.76. The number of nitriles is 1. The van der Waals surface area contributed by atoms with Crippen LogP contribution in [0.15, 0.2) is 24.3 Å². The highest BCUT2D eigenvalue weighted by Gasteiger charge is 2.09. The number of thiazole rings is 1. The Labute approximate surface area is 111 Å². The number of hydrogen-bond donors (Lipinski definition) is 1. The van der Waals surface area contributed by atoms with Crippen molar-refractivity contribution in [3.8, 4) is 6.07 Å². The zero-order valence-electron chi connectivity index (χ0n) is 10.7. The first-order chi connectivity index (χ1) is 8.60. The lowest BCUT2D eigenvalue weighted by Gasteiger charge is -2.13. The maximum Gasteiger partial charge on any atom is 0.183 e. The molecule has 3 nitrogen and oxygen atoms in total. The van der Waals surface area contributed by atoms with E-state index in [0.717, 1.165) is 16.4 Å². The van der Waals surface area contributed by atoms with Crippen LogP contribution in [-0.4, -0.2) is 4.98 Å². The number of anilines is 1. The van der Waals surface area contributed by atoms with E-state index in [1.54, 1.807) is 11.3 Å². The van der Waals surface area contributed by atoms with Gasteiger partial charge >= 0.3 is 0 Å². The molecule has 0 aliphatic heterocycles. The summed E-state index contributed by atoms with van der Waals surface area (Å²) in [7, 11) is 0. The highest BCUT2D eigenvalue weighted by atomic mass is 32.1. The van der Waals surface area contributed by atoms with Gasteiger partial charge in [-0.15, -0.1) is 11.3 Å². The average Bonchev–Trinajstić information content (AvgIpc) is 2.68. The zero-order chi connectivity index (χ0) is 13.1. The van der Waals surface area contributed by atoms with Crippen molar-refractivity contribution in [2.75, 3.05) is 5.32 Å². The predicted octanol–water partition coefficient (Wildman–Crippen LogP) is 3.80. The number of benzene rings is 1. The second-order valence-corrected chi connectivity index (χ2v) is 5.46. The molecule has 1 N–H and O–H groups in total. The molecule has 1 heterocycles. The molecule has 0 fully saturated rings. The van der Waals surface area contributed by atoms with E-state index in [2.05, 4.69) is 30.2 Å². The molecule has 0 aliphatic rings. The van der Waals surface area contributed by atoms with Crippen molar-refractivity contribution in [3.63, 3.8) is 0 Å². The van der Waals surface area contributed by atoms with Gasteiger partial charge in [-0.25, -0.2) is 4.98 Å². The number of aryl methyl sites for hydroxylation is 2. The minimum atomic E-state index is 0.183. The van der Waals surface area contributed by atoms with Crippen LogP contribution in [0.5, 0.6) is 0 Å². The van der Waals surface area contributed by atoms with Crippen molar-refractivity contribution >= 4 is 16.5 Å². The van der Waals surface area contributed by atoms with Crippen LogP contribution in [0, 0.1) is 25.2 Å². The van der Waals surface area contributed by atoms with E-state index >= 15 is 0 Å². The Hall–Kier alpha value is -1.86. The maximum atomic E-state index is 8.76. The first kappa shape index (κ1) is 12.6. The highest BCUT2D eigenvalue weighted by Crippen LogP contribution is 2.25. The Morgan fingerprint density at radius 2 is 1.94 bits per heavy atom. The van der Waals surface area contributed by atoms with Crippen molar-refractivity contribution in [3.05, 3.63) is 46.0 Å². The second-order valence-electron chi connectivity index (χ2n) is 4.26. The predicted molar refractivity (Wildman–Crippen MR) is 74.8 cm³/mol. The average molecular weight is 257 g/mol. The summed E-state index contributed by atoms with van der Waals surface area (Å²) < 4.78 is 0. The van der Waals surface area contributed by atoms with Gasteiger partial charge in [0.2, 0.25) is 0 Å². The molecule has 2 aromatic rings. The Kier molecular flexibility index (Phi) is 3.63. The zero-order valence-corrected chi connectivity index (χ0v) is 11.5. The largest absolute Gasteiger partial charge is 0.355 e. The lowest BCUT2D eigenvalue weighted by molar-refractivity contribution is 0.880. The standard InChI is InChI=1S/C14H15N3S/c1-9-11(3)18-14(16-9)17-10(2)13-6-4-12(8-15)5-7-13/h4-7,10H,1-3H3,(H,16,17). The van der Waals surface area contributed by atoms with Gasteiger partial charge in [0.25, 0.3) is 0 Å². The van der Waals surface area contributed by atoms with Crippen LogP contribution in [0.2, 0.25) is 0 Å². The monoisotopic (exact) mass is 257 g/mol. The number of hydrogen-bond acceptors (Lipinski definition) is 4. The van der Waals surface area contributed by atoms with Gasteiger partial charge < -0.3 is 5.32 Å². The summed E-state index contributed by atoms with van der Waals surface area (Å²) in [6, 6.07) is 9.94. The third kappa shape index (κ3) is 2.69. The summed E-state index contributed by atoms with van der Waals surface area (Å²) in [6.07, 6.45) is 0. The summed E-state index contributed by atoms with van der Waals surface area (Å²) in [5.74, 6) is 0. The molecule has 1 aromatic carbocycles. The normalized spacial score (nSPS) is 11.9. The van der Waals surface area contributed by atoms with Crippen LogP contribution in [0.1, 0.15) is 34.7 Å². The minimum absolute atomic E-state index is 0.183. The third-order valence-corrected chi connectivity index (χ3v) is 3.91. The van der Waals surface area contributed by atoms with E-state index in [9.17, 15) is 0 Å². The molecule has 0 saturated heterocycles. The van der Waals surface area contributed by atoms with Crippen LogP contribution in [-0.2, 0) is 0 Å². The Balaban J connectivity index is 2.11. The van der Waals surface area contributed by atoms with E-state index in [1.807, 2.05) is 31.2 Å². The van der Waals surface area contributed by atoms with Crippen LogP contribution < -0.4 is 5.32 Å². The fourth-order valence-corrected chi connectivity index (χ4v) is 2.55. The van der Waals surface area contributed by atoms with Crippen molar-refractivity contribution in [1.82, 2.24) is 4.98 Å². The smallest absolute Gasteiger partial charge is 0.183 e. The number of aromatic nitrogens is 1. The molecule has 2 rings (SSSR count). The summed E-state index contributed by atoms with van der Waals surface area (Å²) in [4.78, 5) is 5.70. The van der Waals surface area contributed by atoms with Crippen LogP contribution >= 0.6 is 11.3 Å². The molecule has 92 valence electrons. The second kappa shape index (κ2) is 5.19. The highest BCUT2D eigenvalue weighted by molar-refractivity contribution is 7.15. The minimum Gasteiger partial charge on any atom is -0.355 e. The molecule has 4 heteroatoms. The van der Waals surface area contributed by atoms with Crippen molar-refractivity contribution < 1.29 is 0 Å². The fourth-order valence-electron chi connectivity index (χ4n) is 1.65. The van der Waals surface area contributed by atoms with Crippen LogP contribution in [0.4, 0.5) is 5.13 Å². The first-order valence-corrected chi connectivity index (χ1v) is 6.62. The van der Waals surface area contributed by atoms with E-state index in [-0.39, 0.29) is 6.04 Å². The SMILES string of the molecule is Cc1nc(NC(C)c2ccc(C#N)cc2)sc1C. The van der Waals surface area contributed by atoms with Gasteiger partial charge in [0.05, 0.1) is 23.4 Å². The van der Waals surface area contributed by atoms with Crippen molar-refractivity contribution in [2.45, 2.75) is 26.8 Å². The topological polar surface area (TPSA) is 48.7 Å². The van der Waals surface area contributed by atoms with Gasteiger partial charge in [0, 0.05) is 4.88 Å². The number of nitrogens with zero attached hydrogens (tertiary/aromatic N) is 2. The quantitative estimate of drug-likeness (QED) is 0.909. The summed E-state index contributed by atoms with van der Waals surface area (Å²) >= 11 is 1.67. The molecule has 18 heavy (non-hydrogen) atoms. The third-order valence-electron chi connectivity index (χ3n) is 2.91. The molecule has 1 unspecified atom stereocenters. The van der Waals surface area contributed by atoms with Gasteiger partial charge in [-0.1, -0.05) is 12.1 Å². The Morgan fingerprint density at radius 3 is 2.44 bits per heavy atom. The van der Waals surface area contributed by atoms with Crippen molar-refractivity contribution in [2.24, 2.45) is 0 Å². The van der Waals surface area contributed by atoms with Gasteiger partial charge in [0.15, 0.2) is 5.13 Å². The van der Waals surface area contributed by atoms with Crippen LogP contribution in [0.25, 0.3) is 0 Å². The van der Waals surface area contributed by atoms with E-state index in [0.29, 0.717) is 5.56 Å². The van der Waals surface area contributed by atoms with Gasteiger partial charge in [-0.05, 0) is 38.5 Å². The molecule has 1 atom stereocenters. The lowest BCUT2D eigenvalue weighted by atomic mass is 10.1. The molecule has 0 spiro atoms. The van der Waals surface area contributed by atoms with E-state index in [1.165, 1.54) is 4.88 Å². The number of rotatable bonds is 3. The summed E-state index contributed by atoms with van der Waals surface area (Å²) in [6.45, 7) is 6.18. The van der Waals surface area contributed by atoms with Gasteiger partial charge in [-0.3, -0.25) is 0 Å². The fraction of sp³-hybridized carbons (Fsp3) is 0.286. The molecule has 0 radical (unpaired) electrons. The Morgan fingerprint density at radius 1 is 1.28 bits per heavy atom. The molecular weight excluding hydrogens is 242 g/mol. The Bertz CT molecular complexity index is 559. The van der Waals surface area contributed by atoms with Gasteiger partial charge in [-0.2, -0.15) is 5.26 Å². The molecule has 0 amide bonds. The summed E-state index contributed by atoms with van der Waals surface area (Å²) in [5, 5.41) is 13.1. The van der Waals surface area contributed by atoms with Gasteiger partial charge in [0.1, 0.15) is 0 Å². The van der Waals surface area contributed by atoms with E-state index < -0.39 is 0 Å². The van der Waals surface area contributed by atoms with Crippen LogP contribution in [0.3, 0.4) is 0 Å². The molecule has 0 aliphatic carbocycles. The molecule has 1 aromatic heterocycles. The lowest BCUT2D eigenvalue weighted by Crippen LogP contribution is -2.06. The molecule has 0 bridgehead atoms.